The van der Waals surface area contributed by atoms with Crippen LogP contribution in [-0.4, -0.2) is 12.1 Å². The summed E-state index contributed by atoms with van der Waals surface area (Å²) in [5.41, 5.74) is 1.34. The Morgan fingerprint density at radius 2 is 1.89 bits per heavy atom. The minimum Gasteiger partial charge on any atom is -0.311 e. The van der Waals surface area contributed by atoms with E-state index in [0.717, 1.165) is 29.3 Å². The van der Waals surface area contributed by atoms with Crippen molar-refractivity contribution in [1.82, 2.24) is 5.32 Å². The molecule has 98 valence electrons. The summed E-state index contributed by atoms with van der Waals surface area (Å²) in [6.07, 6.45) is 6.85. The first-order chi connectivity index (χ1) is 8.72. The summed E-state index contributed by atoms with van der Waals surface area (Å²) in [5.74, 6) is 1.94. The van der Waals surface area contributed by atoms with Crippen LogP contribution in [0, 0.1) is 11.8 Å². The molecule has 1 atom stereocenters. The van der Waals surface area contributed by atoms with Gasteiger partial charge in [-0.05, 0) is 68.6 Å². The van der Waals surface area contributed by atoms with E-state index in [-0.39, 0.29) is 0 Å². The lowest BCUT2D eigenvalue weighted by atomic mass is 10.0. The molecule has 0 radical (unpaired) electrons. The van der Waals surface area contributed by atoms with Gasteiger partial charge < -0.3 is 5.32 Å². The van der Waals surface area contributed by atoms with E-state index in [1.807, 2.05) is 12.1 Å². The Bertz CT molecular complexity index is 397. The summed E-state index contributed by atoms with van der Waals surface area (Å²) >= 11 is 6.03. The minimum atomic E-state index is 0.551. The highest BCUT2D eigenvalue weighted by atomic mass is 35.5. The van der Waals surface area contributed by atoms with Crippen molar-refractivity contribution >= 4 is 11.6 Å². The van der Waals surface area contributed by atoms with E-state index < -0.39 is 0 Å². The van der Waals surface area contributed by atoms with Gasteiger partial charge in [0.1, 0.15) is 0 Å². The molecule has 2 aliphatic rings. The minimum absolute atomic E-state index is 0.551. The maximum Gasteiger partial charge on any atom is 0.0408 e. The molecule has 18 heavy (non-hydrogen) atoms. The second-order valence-electron chi connectivity index (χ2n) is 6.10. The molecule has 0 amide bonds. The van der Waals surface area contributed by atoms with Crippen molar-refractivity contribution in [3.05, 3.63) is 34.9 Å². The lowest BCUT2D eigenvalue weighted by Gasteiger charge is -2.23. The van der Waals surface area contributed by atoms with Crippen LogP contribution in [0.2, 0.25) is 5.02 Å². The molecule has 1 nitrogen and oxygen atoms in total. The third-order valence-electron chi connectivity index (χ3n) is 4.17. The molecule has 2 fully saturated rings. The zero-order chi connectivity index (χ0) is 12.5. The number of hydrogen-bond donors (Lipinski definition) is 1. The van der Waals surface area contributed by atoms with E-state index in [9.17, 15) is 0 Å². The second kappa shape index (κ2) is 5.22. The summed E-state index contributed by atoms with van der Waals surface area (Å²) in [5, 5.41) is 4.71. The van der Waals surface area contributed by atoms with E-state index in [1.165, 1.54) is 31.2 Å². The van der Waals surface area contributed by atoms with Crippen molar-refractivity contribution in [2.75, 3.05) is 0 Å². The highest BCUT2D eigenvalue weighted by molar-refractivity contribution is 6.30. The van der Waals surface area contributed by atoms with Gasteiger partial charge in [-0.2, -0.15) is 0 Å². The Balaban J connectivity index is 1.55. The van der Waals surface area contributed by atoms with Gasteiger partial charge >= 0.3 is 0 Å². The van der Waals surface area contributed by atoms with Crippen LogP contribution in [0.1, 0.15) is 38.2 Å². The van der Waals surface area contributed by atoms with Crippen LogP contribution in [0.15, 0.2) is 24.3 Å². The number of halogens is 1. The average Bonchev–Trinajstić information content (AvgIpc) is 3.18. The fourth-order valence-electron chi connectivity index (χ4n) is 2.97. The normalized spacial score (nSPS) is 21.3. The molecule has 1 aromatic rings. The standard InChI is InChI=1S/C16H22ClN/c1-11(9-12-3-2-4-15(17)10-12)18-16(13-5-6-13)14-7-8-14/h2-4,10-11,13-14,16,18H,5-9H2,1H3. The van der Waals surface area contributed by atoms with Gasteiger partial charge in [-0.3, -0.25) is 0 Å². The van der Waals surface area contributed by atoms with Crippen LogP contribution in [0.3, 0.4) is 0 Å². The summed E-state index contributed by atoms with van der Waals surface area (Å²) in [4.78, 5) is 0. The topological polar surface area (TPSA) is 12.0 Å². The quantitative estimate of drug-likeness (QED) is 0.817. The summed E-state index contributed by atoms with van der Waals surface area (Å²) in [6.45, 7) is 2.30. The van der Waals surface area contributed by atoms with Crippen LogP contribution < -0.4 is 5.32 Å². The highest BCUT2D eigenvalue weighted by Crippen LogP contribution is 2.44. The molecule has 1 N–H and O–H groups in total. The SMILES string of the molecule is CC(Cc1cccc(Cl)c1)NC(C1CC1)C1CC1. The third kappa shape index (κ3) is 3.27. The van der Waals surface area contributed by atoms with Gasteiger partial charge in [-0.1, -0.05) is 23.7 Å². The van der Waals surface area contributed by atoms with Gasteiger partial charge in [-0.15, -0.1) is 0 Å². The number of hydrogen-bond acceptors (Lipinski definition) is 1. The van der Waals surface area contributed by atoms with E-state index in [1.54, 1.807) is 0 Å². The Morgan fingerprint density at radius 3 is 2.44 bits per heavy atom. The first-order valence-corrected chi connectivity index (χ1v) is 7.60. The van der Waals surface area contributed by atoms with Gasteiger partial charge in [0.25, 0.3) is 0 Å². The molecular formula is C16H22ClN. The van der Waals surface area contributed by atoms with Crippen LogP contribution in [0.4, 0.5) is 0 Å². The van der Waals surface area contributed by atoms with Crippen molar-refractivity contribution < 1.29 is 0 Å². The maximum atomic E-state index is 6.03. The molecule has 1 aromatic carbocycles. The van der Waals surface area contributed by atoms with Crippen molar-refractivity contribution in [1.29, 1.82) is 0 Å². The average molecular weight is 264 g/mol. The van der Waals surface area contributed by atoms with Gasteiger partial charge in [0, 0.05) is 17.1 Å². The molecule has 3 rings (SSSR count). The predicted molar refractivity (Wildman–Crippen MR) is 77.0 cm³/mol. The second-order valence-corrected chi connectivity index (χ2v) is 6.54. The summed E-state index contributed by atoms with van der Waals surface area (Å²) in [6, 6.07) is 9.59. The van der Waals surface area contributed by atoms with Crippen LogP contribution in [0.5, 0.6) is 0 Å². The van der Waals surface area contributed by atoms with Crippen molar-refractivity contribution in [2.24, 2.45) is 11.8 Å². The predicted octanol–water partition coefficient (Wildman–Crippen LogP) is 4.05. The Labute approximate surface area is 115 Å². The van der Waals surface area contributed by atoms with Crippen molar-refractivity contribution in [3.63, 3.8) is 0 Å². The van der Waals surface area contributed by atoms with Crippen LogP contribution >= 0.6 is 11.6 Å². The molecular weight excluding hydrogens is 242 g/mol. The third-order valence-corrected chi connectivity index (χ3v) is 4.40. The first kappa shape index (κ1) is 12.5. The van der Waals surface area contributed by atoms with E-state index in [0.29, 0.717) is 6.04 Å². The van der Waals surface area contributed by atoms with Gasteiger partial charge in [-0.25, -0.2) is 0 Å². The smallest absolute Gasteiger partial charge is 0.0408 e. The fourth-order valence-corrected chi connectivity index (χ4v) is 3.19. The fraction of sp³-hybridized carbons (Fsp3) is 0.625. The van der Waals surface area contributed by atoms with Crippen LogP contribution in [0.25, 0.3) is 0 Å². The molecule has 0 heterocycles. The lowest BCUT2D eigenvalue weighted by molar-refractivity contribution is 0.371. The molecule has 0 aromatic heterocycles. The van der Waals surface area contributed by atoms with Gasteiger partial charge in [0.05, 0.1) is 0 Å². The van der Waals surface area contributed by atoms with E-state index in [4.69, 9.17) is 11.6 Å². The summed E-state index contributed by atoms with van der Waals surface area (Å²) < 4.78 is 0. The largest absolute Gasteiger partial charge is 0.311 e. The molecule has 1 unspecified atom stereocenters. The molecule has 0 aliphatic heterocycles. The van der Waals surface area contributed by atoms with Crippen molar-refractivity contribution in [2.45, 2.75) is 51.1 Å². The number of nitrogens with one attached hydrogen (secondary N) is 1. The number of rotatable bonds is 6. The van der Waals surface area contributed by atoms with E-state index in [2.05, 4.69) is 24.4 Å². The van der Waals surface area contributed by atoms with E-state index >= 15 is 0 Å². The first-order valence-electron chi connectivity index (χ1n) is 7.23. The molecule has 0 saturated heterocycles. The zero-order valence-corrected chi connectivity index (χ0v) is 11.8. The molecule has 2 heteroatoms. The number of benzene rings is 1. The molecule has 2 saturated carbocycles. The Hall–Kier alpha value is -0.530. The highest BCUT2D eigenvalue weighted by Gasteiger charge is 2.41. The monoisotopic (exact) mass is 263 g/mol. The van der Waals surface area contributed by atoms with Crippen LogP contribution in [-0.2, 0) is 6.42 Å². The summed E-state index contributed by atoms with van der Waals surface area (Å²) in [7, 11) is 0. The lowest BCUT2D eigenvalue weighted by Crippen LogP contribution is -2.40. The Kier molecular flexibility index (Phi) is 3.63. The molecule has 0 bridgehead atoms. The zero-order valence-electron chi connectivity index (χ0n) is 11.0. The molecule has 2 aliphatic carbocycles. The molecule has 0 spiro atoms. The van der Waals surface area contributed by atoms with Gasteiger partial charge in [0.2, 0.25) is 0 Å². The van der Waals surface area contributed by atoms with Gasteiger partial charge in [0.15, 0.2) is 0 Å². The Morgan fingerprint density at radius 1 is 1.22 bits per heavy atom. The maximum absolute atomic E-state index is 6.03. The van der Waals surface area contributed by atoms with Crippen molar-refractivity contribution in [3.8, 4) is 0 Å².